The molecule has 0 atom stereocenters. The highest BCUT2D eigenvalue weighted by Crippen LogP contribution is 2.21. The average Bonchev–Trinajstić information content (AvgIpc) is 2.93. The van der Waals surface area contributed by atoms with Crippen molar-refractivity contribution in [3.05, 3.63) is 54.4 Å². The van der Waals surface area contributed by atoms with Crippen LogP contribution in [0.25, 0.3) is 22.1 Å². The van der Waals surface area contributed by atoms with Crippen LogP contribution in [0.4, 0.5) is 5.95 Å². The van der Waals surface area contributed by atoms with Crippen molar-refractivity contribution in [2.24, 2.45) is 5.10 Å². The number of aromatic nitrogens is 5. The van der Waals surface area contributed by atoms with Gasteiger partial charge < -0.3 is 4.98 Å². The number of para-hydroxylation sites is 1. The molecular weight excluding hydrogens is 278 g/mol. The second-order valence-corrected chi connectivity index (χ2v) is 4.65. The Bertz CT molecular complexity index is 959. The smallest absolute Gasteiger partial charge is 0.265 e. The molecule has 1 aromatic carbocycles. The van der Waals surface area contributed by atoms with Gasteiger partial charge in [0, 0.05) is 23.3 Å². The van der Waals surface area contributed by atoms with Crippen molar-refractivity contribution >= 4 is 34.2 Å². The highest BCUT2D eigenvalue weighted by molar-refractivity contribution is 6.03. The first-order chi connectivity index (χ1) is 10.9. The summed E-state index contributed by atoms with van der Waals surface area (Å²) in [5.41, 5.74) is 6.12. The Morgan fingerprint density at radius 3 is 2.82 bits per heavy atom. The molecule has 0 radical (unpaired) electrons. The number of fused-ring (bicyclic) bond motifs is 3. The van der Waals surface area contributed by atoms with Crippen LogP contribution in [0.15, 0.2) is 53.9 Å². The predicted molar refractivity (Wildman–Crippen MR) is 84.6 cm³/mol. The number of rotatable bonds is 3. The van der Waals surface area contributed by atoms with Gasteiger partial charge in [0.1, 0.15) is 5.52 Å². The third-order valence-electron chi connectivity index (χ3n) is 3.21. The van der Waals surface area contributed by atoms with Gasteiger partial charge in [-0.3, -0.25) is 4.98 Å². The number of H-pyrrole nitrogens is 1. The third-order valence-corrected chi connectivity index (χ3v) is 3.21. The number of hydrazone groups is 1. The van der Waals surface area contributed by atoms with Crippen molar-refractivity contribution in [3.8, 4) is 0 Å². The molecule has 0 fully saturated rings. The predicted octanol–water partition coefficient (Wildman–Crippen LogP) is 2.35. The van der Waals surface area contributed by atoms with E-state index in [4.69, 9.17) is 0 Å². The number of aromatic amines is 1. The summed E-state index contributed by atoms with van der Waals surface area (Å²) >= 11 is 0. The van der Waals surface area contributed by atoms with Crippen molar-refractivity contribution in [3.63, 3.8) is 0 Å². The van der Waals surface area contributed by atoms with Gasteiger partial charge in [0.25, 0.3) is 5.95 Å². The zero-order valence-corrected chi connectivity index (χ0v) is 11.4. The van der Waals surface area contributed by atoms with Gasteiger partial charge in [0.2, 0.25) is 0 Å². The van der Waals surface area contributed by atoms with Crippen LogP contribution >= 0.6 is 0 Å². The lowest BCUT2D eigenvalue weighted by molar-refractivity contribution is 1.01. The molecule has 106 valence electrons. The van der Waals surface area contributed by atoms with E-state index in [0.717, 1.165) is 22.0 Å². The van der Waals surface area contributed by atoms with E-state index in [1.54, 1.807) is 18.6 Å². The molecule has 0 spiro atoms. The average molecular weight is 289 g/mol. The van der Waals surface area contributed by atoms with E-state index in [-0.39, 0.29) is 0 Å². The summed E-state index contributed by atoms with van der Waals surface area (Å²) in [6.07, 6.45) is 5.08. The van der Waals surface area contributed by atoms with Gasteiger partial charge in [-0.2, -0.15) is 10.1 Å². The summed E-state index contributed by atoms with van der Waals surface area (Å²) < 4.78 is 0. The molecule has 0 aliphatic carbocycles. The number of hydrogen-bond donors (Lipinski definition) is 2. The van der Waals surface area contributed by atoms with Crippen LogP contribution in [0, 0.1) is 0 Å². The Kier molecular flexibility index (Phi) is 2.93. The molecule has 22 heavy (non-hydrogen) atoms. The first-order valence-electron chi connectivity index (χ1n) is 6.70. The first kappa shape index (κ1) is 12.4. The quantitative estimate of drug-likeness (QED) is 0.446. The summed E-state index contributed by atoms with van der Waals surface area (Å²) in [4.78, 5) is 11.5. The maximum Gasteiger partial charge on any atom is 0.265 e. The third kappa shape index (κ3) is 2.24. The number of nitrogens with one attached hydrogen (secondary N) is 2. The van der Waals surface area contributed by atoms with Gasteiger partial charge in [0.05, 0.1) is 6.21 Å². The van der Waals surface area contributed by atoms with Crippen LogP contribution in [-0.4, -0.2) is 31.4 Å². The molecule has 2 N–H and O–H groups in total. The van der Waals surface area contributed by atoms with Gasteiger partial charge >= 0.3 is 0 Å². The van der Waals surface area contributed by atoms with Gasteiger partial charge in [-0.1, -0.05) is 18.2 Å². The number of benzene rings is 1. The zero-order chi connectivity index (χ0) is 14.8. The Balaban J connectivity index is 1.63. The van der Waals surface area contributed by atoms with E-state index in [2.05, 4.69) is 35.7 Å². The summed E-state index contributed by atoms with van der Waals surface area (Å²) in [6, 6.07) is 11.6. The zero-order valence-electron chi connectivity index (χ0n) is 11.4. The fraction of sp³-hybridized carbons (Fsp3) is 0. The maximum atomic E-state index is 4.38. The lowest BCUT2D eigenvalue weighted by Gasteiger charge is -1.97. The van der Waals surface area contributed by atoms with E-state index in [1.807, 2.05) is 36.4 Å². The fourth-order valence-corrected chi connectivity index (χ4v) is 2.18. The summed E-state index contributed by atoms with van der Waals surface area (Å²) in [5.74, 6) is 0.337. The Hall–Kier alpha value is -3.35. The summed E-state index contributed by atoms with van der Waals surface area (Å²) in [5, 5.41) is 13.3. The van der Waals surface area contributed by atoms with Crippen molar-refractivity contribution < 1.29 is 0 Å². The van der Waals surface area contributed by atoms with Gasteiger partial charge in [-0.15, -0.1) is 10.2 Å². The SMILES string of the molecule is C(=N/Nc1nnc2c(n1)[nH]c1ccccc12)/c1ccncc1. The molecule has 3 aromatic heterocycles. The maximum absolute atomic E-state index is 4.38. The molecule has 0 aliphatic rings. The standard InChI is InChI=1S/C15H11N7/c1-2-4-12-11(3-1)13-14(18-12)19-15(22-20-13)21-17-9-10-5-7-16-8-6-10/h1-9H,(H2,18,19,21,22)/b17-9-. The molecule has 7 heteroatoms. The Morgan fingerprint density at radius 1 is 1.05 bits per heavy atom. The van der Waals surface area contributed by atoms with Crippen LogP contribution in [0.3, 0.4) is 0 Å². The van der Waals surface area contributed by atoms with Gasteiger partial charge in [-0.25, -0.2) is 5.43 Å². The summed E-state index contributed by atoms with van der Waals surface area (Å²) in [7, 11) is 0. The van der Waals surface area contributed by atoms with E-state index in [0.29, 0.717) is 11.6 Å². The van der Waals surface area contributed by atoms with E-state index in [1.165, 1.54) is 0 Å². The monoisotopic (exact) mass is 289 g/mol. The minimum atomic E-state index is 0.337. The van der Waals surface area contributed by atoms with E-state index in [9.17, 15) is 0 Å². The number of pyridine rings is 1. The fourth-order valence-electron chi connectivity index (χ4n) is 2.18. The van der Waals surface area contributed by atoms with Crippen LogP contribution in [-0.2, 0) is 0 Å². The highest BCUT2D eigenvalue weighted by atomic mass is 15.4. The normalized spacial score (nSPS) is 11.5. The first-order valence-corrected chi connectivity index (χ1v) is 6.70. The van der Waals surface area contributed by atoms with Crippen LogP contribution < -0.4 is 5.43 Å². The largest absolute Gasteiger partial charge is 0.338 e. The molecule has 0 saturated carbocycles. The minimum Gasteiger partial charge on any atom is -0.338 e. The molecule has 0 unspecified atom stereocenters. The molecule has 7 nitrogen and oxygen atoms in total. The van der Waals surface area contributed by atoms with Crippen LogP contribution in [0.2, 0.25) is 0 Å². The van der Waals surface area contributed by atoms with Crippen LogP contribution in [0.1, 0.15) is 5.56 Å². The Morgan fingerprint density at radius 2 is 1.91 bits per heavy atom. The minimum absolute atomic E-state index is 0.337. The lowest BCUT2D eigenvalue weighted by atomic mass is 10.2. The molecule has 0 saturated heterocycles. The lowest BCUT2D eigenvalue weighted by Crippen LogP contribution is -1.98. The molecule has 4 rings (SSSR count). The van der Waals surface area contributed by atoms with Crippen LogP contribution in [0.5, 0.6) is 0 Å². The number of anilines is 1. The number of nitrogens with zero attached hydrogens (tertiary/aromatic N) is 5. The van der Waals surface area contributed by atoms with Gasteiger partial charge in [0.15, 0.2) is 5.65 Å². The van der Waals surface area contributed by atoms with Crippen molar-refractivity contribution in [1.29, 1.82) is 0 Å². The second-order valence-electron chi connectivity index (χ2n) is 4.65. The van der Waals surface area contributed by atoms with E-state index < -0.39 is 0 Å². The Labute approximate surface area is 125 Å². The molecule has 0 amide bonds. The van der Waals surface area contributed by atoms with Crippen molar-refractivity contribution in [2.45, 2.75) is 0 Å². The molecule has 4 aromatic rings. The highest BCUT2D eigenvalue weighted by Gasteiger charge is 2.07. The topological polar surface area (TPSA) is 91.7 Å². The number of hydrogen-bond acceptors (Lipinski definition) is 6. The molecule has 0 bridgehead atoms. The molecule has 0 aliphatic heterocycles. The molecule has 3 heterocycles. The molecular formula is C15H11N7. The summed E-state index contributed by atoms with van der Waals surface area (Å²) in [6.45, 7) is 0. The van der Waals surface area contributed by atoms with Crippen molar-refractivity contribution in [2.75, 3.05) is 5.43 Å². The van der Waals surface area contributed by atoms with Gasteiger partial charge in [-0.05, 0) is 23.8 Å². The van der Waals surface area contributed by atoms with Crippen molar-refractivity contribution in [1.82, 2.24) is 25.1 Å². The second kappa shape index (κ2) is 5.21. The van der Waals surface area contributed by atoms with E-state index >= 15 is 0 Å².